The van der Waals surface area contributed by atoms with Crippen molar-refractivity contribution in [1.29, 1.82) is 0 Å². The summed E-state index contributed by atoms with van der Waals surface area (Å²) >= 11 is 0. The second kappa shape index (κ2) is 31.7. The van der Waals surface area contributed by atoms with Crippen LogP contribution < -0.4 is 62.8 Å². The maximum Gasteiger partial charge on any atom is 0.258 e. The fraction of sp³-hybridized carbons (Fsp3) is 0.392. The van der Waals surface area contributed by atoms with Crippen molar-refractivity contribution in [3.8, 4) is 68.7 Å². The van der Waals surface area contributed by atoms with E-state index in [1.54, 1.807) is 37.9 Å². The maximum atomic E-state index is 8.53. The first-order valence-corrected chi connectivity index (χ1v) is 33.7. The number of hydrogen-bond donors (Lipinski definition) is 6. The Balaban J connectivity index is 0.000000145. The molecule has 100 heavy (non-hydrogen) atoms. The molecule has 2 unspecified atom stereocenters. The minimum Gasteiger partial charge on any atom is -0.490 e. The third kappa shape index (κ3) is 16.7. The van der Waals surface area contributed by atoms with Crippen LogP contribution in [-0.4, -0.2) is 146 Å². The Labute approximate surface area is 585 Å². The van der Waals surface area contributed by atoms with E-state index in [2.05, 4.69) is 128 Å². The van der Waals surface area contributed by atoms with E-state index in [1.807, 2.05) is 12.1 Å². The molecule has 3 aromatic carbocycles. The number of ether oxygens (including phenoxy) is 8. The van der Waals surface area contributed by atoms with Crippen LogP contribution in [-0.2, 0) is 68.1 Å². The third-order valence-electron chi connectivity index (χ3n) is 18.3. The molecule has 0 radical (unpaired) electrons. The number of anilines is 6. The lowest BCUT2D eigenvalue weighted by Crippen LogP contribution is -2.27. The number of likely N-dealkylation sites (N-methyl/N-ethyl adjacent to an activating group) is 3. The molecule has 2 saturated heterocycles. The molecule has 14 rings (SSSR count). The van der Waals surface area contributed by atoms with E-state index in [9.17, 15) is 0 Å². The van der Waals surface area contributed by atoms with Gasteiger partial charge in [0.15, 0.2) is 52.2 Å². The van der Waals surface area contributed by atoms with Crippen molar-refractivity contribution in [3.63, 3.8) is 0 Å². The zero-order chi connectivity index (χ0) is 71.8. The molecule has 6 aromatic heterocycles. The molecule has 0 bridgehead atoms. The molecule has 524 valence electrons. The fourth-order valence-corrected chi connectivity index (χ4v) is 12.9. The lowest BCUT2D eigenvalue weighted by atomic mass is 9.92. The summed E-state index contributed by atoms with van der Waals surface area (Å²) in [5.41, 5.74) is 54.7. The number of nitrogen functional groups attached to an aromatic ring is 6. The van der Waals surface area contributed by atoms with Crippen molar-refractivity contribution in [2.75, 3.05) is 115 Å². The highest BCUT2D eigenvalue weighted by Gasteiger charge is 2.26. The first-order valence-electron chi connectivity index (χ1n) is 34.7. The SMILES string of the molecule is Cc1cc(-c2cnc(N)c(OCc3ccnc(N)c3OC3CCOC3)n2)cc2c1CCN(C)C2.Cc1cc(-c2cnc(N)c(OCc3ccnc(N)c3OCC3CCOC3)n2)cc2c1CCN(C)C2.[2H]C([2H])(Oc1nc(-c2cc(C)c3c(c2)CN(C)CC3)cnc1N)c1ccnc(N)c1OCC. The van der Waals surface area contributed by atoms with Crippen molar-refractivity contribution in [2.45, 2.75) is 105 Å². The zero-order valence-electron chi connectivity index (χ0n) is 59.8. The molecule has 9 aromatic rings. The standard InChI is InChI=1S/C26H32N6O3.C25H30N6O3.C23H28N6O2/c1-16-9-19(10-20-12-32(2)7-4-21(16)20)22-11-30-25(28)26(31-22)35-15-18-3-6-29-24(27)23(18)34-14-17-5-8-33-13-17;1-15-9-17(10-18-12-31(2)7-4-20(15)18)21-11-29-24(27)25(30-21)33-13-16-3-6-28-23(26)22(16)34-19-5-8-32-14-19;1-4-30-20-15(5-7-26-21(20)24)13-31-23-22(25)27-11-19(28-23)16-9-14(2)18-6-8-29(3)12-17(18)10-16/h3,6,9-11,17H,4-5,7-8,12-15H2,1-2H3,(H2,27,29)(H2,28,30);3,6,9-11,19H,4-5,7-8,12-14H2,1-2H3,(H2,26,28)(H2,27,29);5,7,9-11H,4,6,8,12-13H2,1-3H3,(H2,24,26)(H2,25,27)/i;;13D2. The predicted octanol–water partition coefficient (Wildman–Crippen LogP) is 8.72. The normalized spacial score (nSPS) is 17.0. The highest BCUT2D eigenvalue weighted by molar-refractivity contribution is 5.67. The number of fused-ring (bicyclic) bond motifs is 3. The highest BCUT2D eigenvalue weighted by atomic mass is 16.5. The first kappa shape index (κ1) is 67.0. The van der Waals surface area contributed by atoms with Gasteiger partial charge in [0.1, 0.15) is 25.9 Å². The Kier molecular flexibility index (Phi) is 21.2. The molecular weight excluding hydrogens is 1270 g/mol. The van der Waals surface area contributed by atoms with Crippen LogP contribution in [0.5, 0.6) is 34.9 Å². The minimum absolute atomic E-state index is 0.0166. The fourth-order valence-electron chi connectivity index (χ4n) is 12.9. The summed E-state index contributed by atoms with van der Waals surface area (Å²) in [7, 11) is 6.39. The smallest absolute Gasteiger partial charge is 0.258 e. The van der Waals surface area contributed by atoms with Gasteiger partial charge in [-0.3, -0.25) is 0 Å². The Morgan fingerprint density at radius 1 is 0.480 bits per heavy atom. The van der Waals surface area contributed by atoms with Gasteiger partial charge in [0.2, 0.25) is 0 Å². The monoisotopic (exact) mass is 1360 g/mol. The van der Waals surface area contributed by atoms with Crippen LogP contribution in [0.2, 0.25) is 0 Å². The molecular formula is C74H90N18O8. The van der Waals surface area contributed by atoms with Crippen LogP contribution in [0.1, 0.15) is 89.3 Å². The van der Waals surface area contributed by atoms with E-state index in [-0.39, 0.29) is 71.5 Å². The van der Waals surface area contributed by atoms with Crippen molar-refractivity contribution >= 4 is 34.9 Å². The number of aryl methyl sites for hydroxylation is 3. The molecule has 2 atom stereocenters. The number of aromatic nitrogens is 9. The second-order valence-corrected chi connectivity index (χ2v) is 25.9. The van der Waals surface area contributed by atoms with Gasteiger partial charge in [-0.15, -0.1) is 0 Å². The van der Waals surface area contributed by atoms with Gasteiger partial charge in [-0.25, -0.2) is 44.9 Å². The quantitative estimate of drug-likeness (QED) is 0.0440. The summed E-state index contributed by atoms with van der Waals surface area (Å²) in [5.74, 6) is 3.11. The number of nitrogens with zero attached hydrogens (tertiary/aromatic N) is 12. The molecule has 2 fully saturated rings. The first-order chi connectivity index (χ1) is 49.1. The van der Waals surface area contributed by atoms with E-state index in [0.29, 0.717) is 67.8 Å². The number of rotatable bonds is 19. The zero-order valence-corrected chi connectivity index (χ0v) is 57.8. The average molecular weight is 1360 g/mol. The van der Waals surface area contributed by atoms with Crippen molar-refractivity contribution in [1.82, 2.24) is 59.6 Å². The molecule has 0 saturated carbocycles. The van der Waals surface area contributed by atoms with Crippen LogP contribution in [0.15, 0.2) is 91.8 Å². The lowest BCUT2D eigenvalue weighted by molar-refractivity contribution is 0.139. The molecule has 0 amide bonds. The molecule has 11 heterocycles. The van der Waals surface area contributed by atoms with E-state index >= 15 is 0 Å². The molecule has 5 aliphatic heterocycles. The number of hydrogen-bond acceptors (Lipinski definition) is 26. The summed E-state index contributed by atoms with van der Waals surface area (Å²) < 4.78 is 63.1. The second-order valence-electron chi connectivity index (χ2n) is 25.9. The Hall–Kier alpha value is -10.3. The Bertz CT molecular complexity index is 4490. The predicted molar refractivity (Wildman–Crippen MR) is 384 cm³/mol. The highest BCUT2D eigenvalue weighted by Crippen LogP contribution is 2.37. The van der Waals surface area contributed by atoms with Gasteiger partial charge in [-0.2, -0.15) is 0 Å². The molecule has 26 nitrogen and oxygen atoms in total. The van der Waals surface area contributed by atoms with Crippen molar-refractivity contribution in [2.24, 2.45) is 5.92 Å². The lowest BCUT2D eigenvalue weighted by Gasteiger charge is -2.27. The molecule has 26 heteroatoms. The molecule has 0 spiro atoms. The molecule has 12 N–H and O–H groups in total. The van der Waals surface area contributed by atoms with Gasteiger partial charge < -0.3 is 87.0 Å². The van der Waals surface area contributed by atoms with Crippen LogP contribution in [0.25, 0.3) is 33.8 Å². The Morgan fingerprint density at radius 3 is 1.32 bits per heavy atom. The number of benzene rings is 3. The van der Waals surface area contributed by atoms with Crippen LogP contribution in [0.4, 0.5) is 34.9 Å². The van der Waals surface area contributed by atoms with E-state index in [0.717, 1.165) is 117 Å². The van der Waals surface area contributed by atoms with E-state index < -0.39 is 6.56 Å². The van der Waals surface area contributed by atoms with Crippen LogP contribution in [0, 0.1) is 26.7 Å². The summed E-state index contributed by atoms with van der Waals surface area (Å²) in [6, 6.07) is 18.0. The van der Waals surface area contributed by atoms with Crippen LogP contribution in [0.3, 0.4) is 0 Å². The van der Waals surface area contributed by atoms with E-state index in [4.69, 9.17) is 85.0 Å². The minimum atomic E-state index is -2.34. The number of pyridine rings is 3. The summed E-state index contributed by atoms with van der Waals surface area (Å²) in [4.78, 5) is 46.0. The Morgan fingerprint density at radius 2 is 0.890 bits per heavy atom. The van der Waals surface area contributed by atoms with Gasteiger partial charge >= 0.3 is 0 Å². The summed E-state index contributed by atoms with van der Waals surface area (Å²) in [6.45, 7) is 15.6. The van der Waals surface area contributed by atoms with Crippen molar-refractivity contribution < 1.29 is 40.6 Å². The van der Waals surface area contributed by atoms with Gasteiger partial charge in [0.05, 0.1) is 71.4 Å². The van der Waals surface area contributed by atoms with Gasteiger partial charge in [-0.05, 0) is 179 Å². The molecule has 5 aliphatic rings. The third-order valence-corrected chi connectivity index (χ3v) is 18.3. The van der Waals surface area contributed by atoms with Gasteiger partial charge in [0.25, 0.3) is 17.6 Å². The molecule has 0 aliphatic carbocycles. The van der Waals surface area contributed by atoms with Crippen molar-refractivity contribution in [3.05, 3.63) is 159 Å². The van der Waals surface area contributed by atoms with Gasteiger partial charge in [-0.1, -0.05) is 0 Å². The average Bonchev–Trinajstić information content (AvgIpc) is 0.894. The van der Waals surface area contributed by atoms with Crippen LogP contribution >= 0.6 is 0 Å². The summed E-state index contributed by atoms with van der Waals surface area (Å²) in [6.07, 6.45) is 14.5. The largest absolute Gasteiger partial charge is 0.490 e. The van der Waals surface area contributed by atoms with E-state index in [1.165, 1.54) is 62.3 Å². The topological polar surface area (TPSA) is 356 Å². The van der Waals surface area contributed by atoms with Gasteiger partial charge in [0, 0.05) is 110 Å². The summed E-state index contributed by atoms with van der Waals surface area (Å²) in [5, 5.41) is 0. The number of nitrogens with two attached hydrogens (primary N) is 6. The maximum absolute atomic E-state index is 8.53.